The number of hydrogen-bond donors (Lipinski definition) is 1. The lowest BCUT2D eigenvalue weighted by atomic mass is 10.0. The summed E-state index contributed by atoms with van der Waals surface area (Å²) in [6.07, 6.45) is 0.863. The molecule has 0 spiro atoms. The normalized spacial score (nSPS) is 25.1. The Morgan fingerprint density at radius 2 is 2.14 bits per heavy atom. The third kappa shape index (κ3) is 1.42. The zero-order valence-electron chi connectivity index (χ0n) is 7.76. The molecule has 2 N–H and O–H groups in total. The molecule has 0 fully saturated rings. The van der Waals surface area contributed by atoms with Gasteiger partial charge in [0.05, 0.1) is 0 Å². The maximum Gasteiger partial charge on any atom is 0.140 e. The van der Waals surface area contributed by atoms with Crippen LogP contribution in [0.2, 0.25) is 0 Å². The van der Waals surface area contributed by atoms with Crippen molar-refractivity contribution in [3.63, 3.8) is 0 Å². The zero-order chi connectivity index (χ0) is 10.3. The van der Waals surface area contributed by atoms with Gasteiger partial charge in [0.1, 0.15) is 11.6 Å². The Labute approximate surface area is 85.7 Å². The van der Waals surface area contributed by atoms with E-state index in [9.17, 15) is 8.78 Å². The third-order valence-electron chi connectivity index (χ3n) is 2.47. The van der Waals surface area contributed by atoms with Crippen LogP contribution in [0, 0.1) is 11.6 Å². The zero-order valence-corrected chi connectivity index (χ0v) is 8.57. The van der Waals surface area contributed by atoms with Gasteiger partial charge in [0, 0.05) is 22.3 Å². The second-order valence-corrected chi connectivity index (χ2v) is 4.65. The average molecular weight is 215 g/mol. The molecular formula is C10H11F2NS. The van der Waals surface area contributed by atoms with Gasteiger partial charge in [0.15, 0.2) is 0 Å². The van der Waals surface area contributed by atoms with Gasteiger partial charge in [-0.3, -0.25) is 0 Å². The summed E-state index contributed by atoms with van der Waals surface area (Å²) < 4.78 is 26.2. The lowest BCUT2D eigenvalue weighted by Gasteiger charge is -2.11. The van der Waals surface area contributed by atoms with Crippen molar-refractivity contribution in [2.24, 2.45) is 5.73 Å². The maximum absolute atomic E-state index is 13.3. The van der Waals surface area contributed by atoms with E-state index in [4.69, 9.17) is 5.73 Å². The van der Waals surface area contributed by atoms with Gasteiger partial charge in [-0.2, -0.15) is 0 Å². The van der Waals surface area contributed by atoms with Gasteiger partial charge in [-0.15, -0.1) is 11.8 Å². The number of nitrogens with two attached hydrogens (primary N) is 1. The molecule has 0 amide bonds. The summed E-state index contributed by atoms with van der Waals surface area (Å²) in [7, 11) is 0. The van der Waals surface area contributed by atoms with Crippen LogP contribution in [0.5, 0.6) is 0 Å². The number of benzene rings is 1. The predicted molar refractivity (Wildman–Crippen MR) is 53.2 cm³/mol. The average Bonchev–Trinajstić information content (AvgIpc) is 2.44. The first-order valence-corrected chi connectivity index (χ1v) is 5.42. The molecule has 2 atom stereocenters. The van der Waals surface area contributed by atoms with Gasteiger partial charge in [-0.1, -0.05) is 6.92 Å². The van der Waals surface area contributed by atoms with Crippen LogP contribution in [0.25, 0.3) is 0 Å². The highest BCUT2D eigenvalue weighted by molar-refractivity contribution is 8.00. The van der Waals surface area contributed by atoms with Gasteiger partial charge >= 0.3 is 0 Å². The lowest BCUT2D eigenvalue weighted by Crippen LogP contribution is -2.18. The van der Waals surface area contributed by atoms with Gasteiger partial charge < -0.3 is 5.73 Å². The van der Waals surface area contributed by atoms with E-state index >= 15 is 0 Å². The Morgan fingerprint density at radius 3 is 2.79 bits per heavy atom. The molecule has 0 radical (unpaired) electrons. The minimum absolute atomic E-state index is 0.168. The van der Waals surface area contributed by atoms with E-state index in [0.717, 1.165) is 12.5 Å². The standard InChI is InChI=1S/C10H11F2NS/c1-2-8-9(13)6-3-5(11)4-7(12)10(6)14-8/h3-4,8-9H,2,13H2,1H3. The molecular weight excluding hydrogens is 204 g/mol. The highest BCUT2D eigenvalue weighted by atomic mass is 32.2. The maximum atomic E-state index is 13.3. The topological polar surface area (TPSA) is 26.0 Å². The Balaban J connectivity index is 2.48. The van der Waals surface area contributed by atoms with Crippen LogP contribution in [0.3, 0.4) is 0 Å². The van der Waals surface area contributed by atoms with Crippen molar-refractivity contribution in [1.29, 1.82) is 0 Å². The van der Waals surface area contributed by atoms with Gasteiger partial charge in [0.25, 0.3) is 0 Å². The molecule has 1 aromatic rings. The number of hydrogen-bond acceptors (Lipinski definition) is 2. The van der Waals surface area contributed by atoms with Crippen molar-refractivity contribution in [2.75, 3.05) is 0 Å². The van der Waals surface area contributed by atoms with Crippen LogP contribution in [0.15, 0.2) is 17.0 Å². The minimum atomic E-state index is -0.547. The fourth-order valence-electron chi connectivity index (χ4n) is 1.71. The Kier molecular flexibility index (Phi) is 2.49. The quantitative estimate of drug-likeness (QED) is 0.779. The van der Waals surface area contributed by atoms with E-state index in [0.29, 0.717) is 10.5 Å². The largest absolute Gasteiger partial charge is 0.323 e. The molecule has 4 heteroatoms. The summed E-state index contributed by atoms with van der Waals surface area (Å²) in [5, 5.41) is 0.168. The first kappa shape index (κ1) is 9.93. The third-order valence-corrected chi connectivity index (χ3v) is 4.06. The first-order chi connectivity index (χ1) is 6.63. The van der Waals surface area contributed by atoms with Crippen LogP contribution in [0.4, 0.5) is 8.78 Å². The van der Waals surface area contributed by atoms with E-state index in [1.165, 1.54) is 17.8 Å². The van der Waals surface area contributed by atoms with E-state index in [-0.39, 0.29) is 11.3 Å². The predicted octanol–water partition coefficient (Wildman–Crippen LogP) is 2.85. The van der Waals surface area contributed by atoms with E-state index in [1.807, 2.05) is 6.92 Å². The van der Waals surface area contributed by atoms with Crippen molar-refractivity contribution in [1.82, 2.24) is 0 Å². The SMILES string of the molecule is CCC1Sc2c(F)cc(F)cc2C1N. The summed E-state index contributed by atoms with van der Waals surface area (Å²) >= 11 is 1.41. The molecule has 2 unspecified atom stereocenters. The van der Waals surface area contributed by atoms with E-state index in [2.05, 4.69) is 0 Å². The molecule has 1 aromatic carbocycles. The van der Waals surface area contributed by atoms with E-state index < -0.39 is 11.6 Å². The summed E-state index contributed by atoms with van der Waals surface area (Å²) in [5.74, 6) is -1.04. The van der Waals surface area contributed by atoms with Crippen molar-refractivity contribution in [3.8, 4) is 0 Å². The summed E-state index contributed by atoms with van der Waals surface area (Å²) in [6.45, 7) is 2.00. The number of fused-ring (bicyclic) bond motifs is 1. The van der Waals surface area contributed by atoms with Crippen LogP contribution < -0.4 is 5.73 Å². The second kappa shape index (κ2) is 3.51. The smallest absolute Gasteiger partial charge is 0.140 e. The monoisotopic (exact) mass is 215 g/mol. The number of rotatable bonds is 1. The lowest BCUT2D eigenvalue weighted by molar-refractivity contribution is 0.555. The van der Waals surface area contributed by atoms with Gasteiger partial charge in [-0.25, -0.2) is 8.78 Å². The molecule has 1 aliphatic rings. The molecule has 0 saturated carbocycles. The van der Waals surface area contributed by atoms with Gasteiger partial charge in [-0.05, 0) is 18.1 Å². The first-order valence-electron chi connectivity index (χ1n) is 4.54. The number of thioether (sulfide) groups is 1. The molecule has 1 aliphatic heterocycles. The molecule has 1 nitrogen and oxygen atoms in total. The summed E-state index contributed by atoms with van der Waals surface area (Å²) in [4.78, 5) is 0.519. The second-order valence-electron chi connectivity index (χ2n) is 3.40. The van der Waals surface area contributed by atoms with Crippen molar-refractivity contribution < 1.29 is 8.78 Å². The molecule has 2 rings (SSSR count). The van der Waals surface area contributed by atoms with Crippen molar-refractivity contribution in [2.45, 2.75) is 29.5 Å². The van der Waals surface area contributed by atoms with E-state index in [1.54, 1.807) is 0 Å². The Morgan fingerprint density at radius 1 is 1.43 bits per heavy atom. The van der Waals surface area contributed by atoms with Crippen molar-refractivity contribution >= 4 is 11.8 Å². The van der Waals surface area contributed by atoms with Crippen LogP contribution in [-0.2, 0) is 0 Å². The minimum Gasteiger partial charge on any atom is -0.323 e. The van der Waals surface area contributed by atoms with Gasteiger partial charge in [0.2, 0.25) is 0 Å². The molecule has 1 heterocycles. The highest BCUT2D eigenvalue weighted by Gasteiger charge is 2.31. The summed E-state index contributed by atoms with van der Waals surface area (Å²) in [5.41, 5.74) is 6.50. The van der Waals surface area contributed by atoms with Crippen LogP contribution in [0.1, 0.15) is 24.9 Å². The molecule has 76 valence electrons. The summed E-state index contributed by atoms with van der Waals surface area (Å²) in [6, 6.07) is 2.01. The van der Waals surface area contributed by atoms with Crippen molar-refractivity contribution in [3.05, 3.63) is 29.3 Å². The van der Waals surface area contributed by atoms with Crippen LogP contribution in [-0.4, -0.2) is 5.25 Å². The van der Waals surface area contributed by atoms with Crippen LogP contribution >= 0.6 is 11.8 Å². The molecule has 14 heavy (non-hydrogen) atoms. The molecule has 0 aromatic heterocycles. The fraction of sp³-hybridized carbons (Fsp3) is 0.400. The fourth-order valence-corrected chi connectivity index (χ4v) is 2.98. The Hall–Kier alpha value is -0.610. The molecule has 0 aliphatic carbocycles. The molecule has 0 bridgehead atoms. The highest BCUT2D eigenvalue weighted by Crippen LogP contribution is 2.45. The molecule has 0 saturated heterocycles. The number of halogens is 2. The Bertz CT molecular complexity index is 367.